The highest BCUT2D eigenvalue weighted by atomic mass is 32.2. The summed E-state index contributed by atoms with van der Waals surface area (Å²) < 4.78 is 14.1. The van der Waals surface area contributed by atoms with Gasteiger partial charge in [-0.25, -0.2) is 4.98 Å². The topological polar surface area (TPSA) is 82.0 Å². The van der Waals surface area contributed by atoms with Gasteiger partial charge in [0.15, 0.2) is 29.2 Å². The van der Waals surface area contributed by atoms with Gasteiger partial charge in [0.1, 0.15) is 6.61 Å². The van der Waals surface area contributed by atoms with Crippen LogP contribution in [0.25, 0.3) is 10.7 Å². The Morgan fingerprint density at radius 3 is 2.91 bits per heavy atom. The van der Waals surface area contributed by atoms with Crippen LogP contribution in [0, 0.1) is 13.8 Å². The Bertz CT molecular complexity index is 1250. The lowest BCUT2D eigenvalue weighted by Gasteiger charge is -2.27. The predicted octanol–water partition coefficient (Wildman–Crippen LogP) is 4.77. The molecule has 0 bridgehead atoms. The lowest BCUT2D eigenvalue weighted by molar-refractivity contribution is 0.0777. The quantitative estimate of drug-likeness (QED) is 0.312. The number of para-hydroxylation sites is 2. The zero-order valence-electron chi connectivity index (χ0n) is 17.7. The molecule has 32 heavy (non-hydrogen) atoms. The van der Waals surface area contributed by atoms with Crippen LogP contribution in [0.4, 0.5) is 0 Å². The van der Waals surface area contributed by atoms with Crippen molar-refractivity contribution in [2.45, 2.75) is 31.7 Å². The third-order valence-electron chi connectivity index (χ3n) is 5.38. The summed E-state index contributed by atoms with van der Waals surface area (Å²) in [5.41, 5.74) is 2.68. The van der Waals surface area contributed by atoms with E-state index >= 15 is 0 Å². The number of Topliss-reactive ketones (excluding diaryl/α,β-unsaturated/α-hetero) is 1. The molecule has 1 N–H and O–H groups in total. The molecule has 1 atom stereocenters. The van der Waals surface area contributed by atoms with Gasteiger partial charge >= 0.3 is 0 Å². The number of aryl methyl sites for hydroxylation is 1. The van der Waals surface area contributed by atoms with Crippen LogP contribution in [-0.2, 0) is 6.54 Å². The van der Waals surface area contributed by atoms with Crippen molar-refractivity contribution in [3.05, 3.63) is 64.8 Å². The number of thiophene rings is 1. The highest BCUT2D eigenvalue weighted by molar-refractivity contribution is 7.99. The number of fused-ring (bicyclic) bond motifs is 1. The fourth-order valence-corrected chi connectivity index (χ4v) is 5.11. The van der Waals surface area contributed by atoms with E-state index in [1.54, 1.807) is 11.3 Å². The van der Waals surface area contributed by atoms with Gasteiger partial charge in [-0.05, 0) is 43.5 Å². The van der Waals surface area contributed by atoms with Gasteiger partial charge in [-0.3, -0.25) is 9.89 Å². The number of H-pyrrole nitrogens is 1. The molecule has 0 amide bonds. The fraction of sp³-hybridized carbons (Fsp3) is 0.261. The second-order valence-electron chi connectivity index (χ2n) is 7.55. The lowest BCUT2D eigenvalue weighted by atomic mass is 10.2. The first-order chi connectivity index (χ1) is 15.6. The van der Waals surface area contributed by atoms with E-state index < -0.39 is 0 Å². The zero-order chi connectivity index (χ0) is 22.1. The summed E-state index contributed by atoms with van der Waals surface area (Å²) >= 11 is 2.94. The third kappa shape index (κ3) is 4.18. The minimum absolute atomic E-state index is 0.0583. The van der Waals surface area contributed by atoms with E-state index in [4.69, 9.17) is 9.47 Å². The summed E-state index contributed by atoms with van der Waals surface area (Å²) in [6, 6.07) is 13.6. The van der Waals surface area contributed by atoms with Crippen LogP contribution in [0.15, 0.2) is 53.0 Å². The van der Waals surface area contributed by atoms with Gasteiger partial charge in [0.2, 0.25) is 5.16 Å². The maximum atomic E-state index is 12.9. The minimum Gasteiger partial charge on any atom is -0.486 e. The summed E-state index contributed by atoms with van der Waals surface area (Å²) in [6.45, 7) is 5.09. The summed E-state index contributed by atoms with van der Waals surface area (Å²) in [5, 5.41) is 9.73. The van der Waals surface area contributed by atoms with Crippen LogP contribution in [0.5, 0.6) is 11.5 Å². The monoisotopic (exact) mass is 466 g/mol. The molecule has 164 valence electrons. The average molecular weight is 467 g/mol. The number of rotatable bonds is 7. The molecule has 1 aliphatic rings. The Kier molecular flexibility index (Phi) is 5.75. The number of aromatic nitrogens is 4. The molecule has 3 aromatic heterocycles. The number of nitrogens with one attached hydrogen (secondary N) is 1. The van der Waals surface area contributed by atoms with E-state index in [-0.39, 0.29) is 17.6 Å². The first kappa shape index (κ1) is 20.8. The van der Waals surface area contributed by atoms with E-state index in [0.29, 0.717) is 18.3 Å². The molecule has 0 unspecified atom stereocenters. The molecular formula is C23H22N4O3S2. The van der Waals surface area contributed by atoms with Crippen LogP contribution in [-0.4, -0.2) is 44.0 Å². The van der Waals surface area contributed by atoms with Gasteiger partial charge in [-0.15, -0.1) is 16.4 Å². The minimum atomic E-state index is -0.115. The molecule has 4 heterocycles. The number of thioether (sulfide) groups is 1. The van der Waals surface area contributed by atoms with Crippen molar-refractivity contribution in [1.29, 1.82) is 0 Å². The Balaban J connectivity index is 1.24. The third-order valence-corrected chi connectivity index (χ3v) is 7.10. The first-order valence-electron chi connectivity index (χ1n) is 10.3. The van der Waals surface area contributed by atoms with Crippen LogP contribution in [0.2, 0.25) is 0 Å². The maximum absolute atomic E-state index is 12.9. The second kappa shape index (κ2) is 8.84. The van der Waals surface area contributed by atoms with Crippen molar-refractivity contribution in [2.24, 2.45) is 0 Å². The van der Waals surface area contributed by atoms with Gasteiger partial charge in [0, 0.05) is 17.0 Å². The van der Waals surface area contributed by atoms with Gasteiger partial charge < -0.3 is 14.0 Å². The number of hydrogen-bond acceptors (Lipinski definition) is 7. The van der Waals surface area contributed by atoms with Crippen molar-refractivity contribution < 1.29 is 14.3 Å². The SMILES string of the molecule is Cc1cc(C(=O)CSc2n[nH]c(-c3cccs3)n2)c(C)n1C[C@H]1COc2ccccc2O1. The number of benzene rings is 1. The molecular weight excluding hydrogens is 444 g/mol. The van der Waals surface area contributed by atoms with Crippen molar-refractivity contribution in [3.8, 4) is 22.2 Å². The molecule has 0 radical (unpaired) electrons. The zero-order valence-corrected chi connectivity index (χ0v) is 19.3. The number of carbonyl (C=O) groups is 1. The molecule has 1 aliphatic heterocycles. The lowest BCUT2D eigenvalue weighted by Crippen LogP contribution is -2.33. The van der Waals surface area contributed by atoms with E-state index in [1.807, 2.05) is 61.7 Å². The smallest absolute Gasteiger partial charge is 0.209 e. The van der Waals surface area contributed by atoms with E-state index in [9.17, 15) is 4.79 Å². The molecule has 5 rings (SSSR count). The summed E-state index contributed by atoms with van der Waals surface area (Å²) in [5.74, 6) is 2.59. The number of hydrogen-bond donors (Lipinski definition) is 1. The number of aromatic amines is 1. The number of carbonyl (C=O) groups excluding carboxylic acids is 1. The number of ketones is 1. The van der Waals surface area contributed by atoms with Crippen molar-refractivity contribution in [1.82, 2.24) is 19.7 Å². The second-order valence-corrected chi connectivity index (χ2v) is 9.44. The number of ether oxygens (including phenoxy) is 2. The molecule has 1 aromatic carbocycles. The fourth-order valence-electron chi connectivity index (χ4n) is 3.76. The van der Waals surface area contributed by atoms with Crippen LogP contribution in [0.1, 0.15) is 21.7 Å². The molecule has 0 saturated carbocycles. The van der Waals surface area contributed by atoms with E-state index in [2.05, 4.69) is 19.7 Å². The largest absolute Gasteiger partial charge is 0.486 e. The van der Waals surface area contributed by atoms with Crippen molar-refractivity contribution >= 4 is 28.9 Å². The van der Waals surface area contributed by atoms with Crippen LogP contribution in [0.3, 0.4) is 0 Å². The van der Waals surface area contributed by atoms with Gasteiger partial charge in [0.05, 0.1) is 17.2 Å². The predicted molar refractivity (Wildman–Crippen MR) is 125 cm³/mol. The maximum Gasteiger partial charge on any atom is 0.209 e. The van der Waals surface area contributed by atoms with Gasteiger partial charge in [-0.1, -0.05) is 30.0 Å². The Hall–Kier alpha value is -3.04. The molecule has 9 heteroatoms. The summed E-state index contributed by atoms with van der Waals surface area (Å²) in [7, 11) is 0. The highest BCUT2D eigenvalue weighted by Gasteiger charge is 2.24. The Morgan fingerprint density at radius 1 is 1.25 bits per heavy atom. The summed E-state index contributed by atoms with van der Waals surface area (Å²) in [6.07, 6.45) is -0.115. The van der Waals surface area contributed by atoms with Crippen molar-refractivity contribution in [3.63, 3.8) is 0 Å². The first-order valence-corrected chi connectivity index (χ1v) is 12.1. The highest BCUT2D eigenvalue weighted by Crippen LogP contribution is 2.32. The van der Waals surface area contributed by atoms with Crippen LogP contribution < -0.4 is 9.47 Å². The molecule has 0 aliphatic carbocycles. The summed E-state index contributed by atoms with van der Waals surface area (Å²) in [4.78, 5) is 18.4. The Labute approximate surface area is 193 Å². The van der Waals surface area contributed by atoms with Gasteiger partial charge in [-0.2, -0.15) is 0 Å². The van der Waals surface area contributed by atoms with Crippen molar-refractivity contribution in [2.75, 3.05) is 12.4 Å². The molecule has 0 fully saturated rings. The standard InChI is InChI=1S/C23H22N4O3S2/c1-14-10-17(18(28)13-32-23-24-22(25-26-23)21-8-5-9-31-21)15(2)27(14)11-16-12-29-19-6-3-4-7-20(19)30-16/h3-10,16H,11-13H2,1-2H3,(H,24,25,26)/t16-/m0/s1. The van der Waals surface area contributed by atoms with Gasteiger partial charge in [0.25, 0.3) is 0 Å². The van der Waals surface area contributed by atoms with Crippen LogP contribution >= 0.6 is 23.1 Å². The normalized spacial score (nSPS) is 15.1. The number of nitrogens with zero attached hydrogens (tertiary/aromatic N) is 3. The Morgan fingerprint density at radius 2 is 2.09 bits per heavy atom. The molecule has 0 spiro atoms. The molecule has 4 aromatic rings. The van der Waals surface area contributed by atoms with E-state index in [1.165, 1.54) is 11.8 Å². The molecule has 7 nitrogen and oxygen atoms in total. The van der Waals surface area contributed by atoms with E-state index in [0.717, 1.165) is 39.2 Å². The molecule has 0 saturated heterocycles. The average Bonchev–Trinajstić information content (AvgIpc) is 3.55.